The van der Waals surface area contributed by atoms with Crippen LogP contribution in [0.4, 0.5) is 0 Å². The molecular formula is C28H65O2P3. The monoisotopic (exact) mass is 526 g/mol. The average Bonchev–Trinajstić information content (AvgIpc) is 2.86. The van der Waals surface area contributed by atoms with E-state index in [4.69, 9.17) is 8.62 Å². The minimum absolute atomic E-state index is 0.813. The molecule has 204 valence electrons. The molecule has 0 aliphatic rings. The van der Waals surface area contributed by atoms with Gasteiger partial charge in [0.2, 0.25) is 0 Å². The maximum absolute atomic E-state index is 7.68. The fraction of sp³-hybridized carbons (Fsp3) is 1.00. The third kappa shape index (κ3) is 9.88. The van der Waals surface area contributed by atoms with Crippen molar-refractivity contribution < 1.29 is 8.62 Å². The van der Waals surface area contributed by atoms with E-state index in [0.717, 1.165) is 6.16 Å². The molecule has 0 aromatic carbocycles. The molecule has 0 unspecified atom stereocenters. The van der Waals surface area contributed by atoms with Gasteiger partial charge in [-0.3, -0.25) is 0 Å². The molecule has 0 saturated carbocycles. The van der Waals surface area contributed by atoms with Crippen molar-refractivity contribution in [2.24, 2.45) is 0 Å². The summed E-state index contributed by atoms with van der Waals surface area (Å²) in [6.07, 6.45) is 24.3. The Morgan fingerprint density at radius 1 is 0.424 bits per heavy atom. The molecule has 0 N–H and O–H groups in total. The van der Waals surface area contributed by atoms with Gasteiger partial charge in [-0.25, -0.2) is 0 Å². The summed E-state index contributed by atoms with van der Waals surface area (Å²) in [5, 5.41) is 0. The van der Waals surface area contributed by atoms with Gasteiger partial charge in [0, 0.05) is 0 Å². The topological polar surface area (TPSA) is 18.5 Å². The van der Waals surface area contributed by atoms with Crippen molar-refractivity contribution in [3.8, 4) is 0 Å². The van der Waals surface area contributed by atoms with Gasteiger partial charge in [-0.1, -0.05) is 0 Å². The summed E-state index contributed by atoms with van der Waals surface area (Å²) in [5.74, 6) is 0. The van der Waals surface area contributed by atoms with E-state index >= 15 is 0 Å². The van der Waals surface area contributed by atoms with E-state index in [1.807, 2.05) is 0 Å². The first-order valence-electron chi connectivity index (χ1n) is 14.9. The first-order chi connectivity index (χ1) is 15.8. The van der Waals surface area contributed by atoms with Crippen LogP contribution in [0.15, 0.2) is 0 Å². The van der Waals surface area contributed by atoms with Gasteiger partial charge >= 0.3 is 213 Å². The van der Waals surface area contributed by atoms with Crippen molar-refractivity contribution in [2.75, 3.05) is 55.5 Å². The molecule has 0 bridgehead atoms. The van der Waals surface area contributed by atoms with Crippen molar-refractivity contribution >= 4 is 22.0 Å². The van der Waals surface area contributed by atoms with Crippen LogP contribution in [-0.4, -0.2) is 55.5 Å². The molecule has 0 atom stereocenters. The first-order valence-corrected chi connectivity index (χ1v) is 22.1. The predicted molar refractivity (Wildman–Crippen MR) is 164 cm³/mol. The molecule has 5 heteroatoms. The van der Waals surface area contributed by atoms with Gasteiger partial charge in [-0.2, -0.15) is 0 Å². The van der Waals surface area contributed by atoms with Gasteiger partial charge in [0.25, 0.3) is 0 Å². The van der Waals surface area contributed by atoms with E-state index in [2.05, 4.69) is 62.3 Å². The molecule has 2 nitrogen and oxygen atoms in total. The summed E-state index contributed by atoms with van der Waals surface area (Å²) < 4.78 is 15.4. The quantitative estimate of drug-likeness (QED) is 0.123. The van der Waals surface area contributed by atoms with Gasteiger partial charge in [0.1, 0.15) is 0 Å². The van der Waals surface area contributed by atoms with Crippen molar-refractivity contribution in [1.82, 2.24) is 0 Å². The Labute approximate surface area is 212 Å². The van der Waals surface area contributed by atoms with E-state index in [0.29, 0.717) is 0 Å². The van der Waals surface area contributed by atoms with Gasteiger partial charge in [0.15, 0.2) is 0 Å². The van der Waals surface area contributed by atoms with E-state index in [1.54, 1.807) is 0 Å². The second-order valence-electron chi connectivity index (χ2n) is 10.9. The van der Waals surface area contributed by atoms with Crippen molar-refractivity contribution in [1.29, 1.82) is 0 Å². The Balaban J connectivity index is 6.40. The molecule has 0 amide bonds. The summed E-state index contributed by atoms with van der Waals surface area (Å²) in [6.45, 7) is 17.1. The molecule has 33 heavy (non-hydrogen) atoms. The van der Waals surface area contributed by atoms with Crippen LogP contribution in [0, 0.1) is 0 Å². The molecule has 0 saturated heterocycles. The van der Waals surface area contributed by atoms with Crippen LogP contribution in [0.3, 0.4) is 0 Å². The second-order valence-corrected chi connectivity index (χ2v) is 25.0. The van der Waals surface area contributed by atoms with Gasteiger partial charge in [-0.05, 0) is 0 Å². The van der Waals surface area contributed by atoms with Crippen molar-refractivity contribution in [3.63, 3.8) is 0 Å². The summed E-state index contributed by atoms with van der Waals surface area (Å²) in [7, 11) is -0.813. The van der Waals surface area contributed by atoms with Crippen LogP contribution in [0.25, 0.3) is 0 Å². The molecule has 0 rings (SSSR count). The van der Waals surface area contributed by atoms with E-state index < -0.39 is 22.0 Å². The van der Waals surface area contributed by atoms with Gasteiger partial charge in [0.05, 0.1) is 0 Å². The van der Waals surface area contributed by atoms with Crippen LogP contribution in [0.5, 0.6) is 0 Å². The molecular weight excluding hydrogens is 461 g/mol. The third-order valence-corrected chi connectivity index (χ3v) is 26.9. The zero-order chi connectivity index (χ0) is 25.3. The van der Waals surface area contributed by atoms with Crippen LogP contribution in [0.2, 0.25) is 0 Å². The average molecular weight is 527 g/mol. The fourth-order valence-electron chi connectivity index (χ4n) is 5.46. The predicted octanol–water partition coefficient (Wildman–Crippen LogP) is 11.3. The SMILES string of the molecule is CCCCP(OP(CC)(CC)(CCCC)CCCC)OP(CC)(CC)(CCCC)CCCC. The first kappa shape index (κ1) is 34.2. The van der Waals surface area contributed by atoms with Crippen molar-refractivity contribution in [3.05, 3.63) is 0 Å². The molecule has 0 aromatic rings. The van der Waals surface area contributed by atoms with Crippen LogP contribution in [-0.2, 0) is 8.62 Å². The molecule has 0 aliphatic carbocycles. The second kappa shape index (κ2) is 16.9. The minimum atomic E-state index is -2.24. The Morgan fingerprint density at radius 2 is 0.697 bits per heavy atom. The standard InChI is InChI=1S/C28H65O2P3/c1-10-19-24-31(29-32(15-6,16-7,25-20-11-2)26-21-12-3)30-33(17-8,18-9,27-22-13-4)28-23-14-5/h10-28H2,1-9H3. The summed E-state index contributed by atoms with van der Waals surface area (Å²) >= 11 is 0. The number of rotatable bonds is 23. The van der Waals surface area contributed by atoms with E-state index in [1.165, 1.54) is 114 Å². The van der Waals surface area contributed by atoms with E-state index in [-0.39, 0.29) is 0 Å². The normalized spacial score (nSPS) is 16.2. The molecule has 0 aliphatic heterocycles. The Kier molecular flexibility index (Phi) is 17.5. The summed E-state index contributed by atoms with van der Waals surface area (Å²) in [5.41, 5.74) is 0. The Hall–Kier alpha value is 1.21. The number of hydrogen-bond donors (Lipinski definition) is 0. The summed E-state index contributed by atoms with van der Waals surface area (Å²) in [6, 6.07) is 0. The van der Waals surface area contributed by atoms with Crippen molar-refractivity contribution in [2.45, 2.75) is 127 Å². The Bertz CT molecular complexity index is 426. The summed E-state index contributed by atoms with van der Waals surface area (Å²) in [4.78, 5) is 0. The molecule has 0 fully saturated rings. The zero-order valence-electron chi connectivity index (χ0n) is 24.6. The molecule has 0 heterocycles. The number of hydrogen-bond acceptors (Lipinski definition) is 2. The van der Waals surface area contributed by atoms with Crippen LogP contribution in [0.1, 0.15) is 127 Å². The third-order valence-electron chi connectivity index (χ3n) is 8.85. The van der Waals surface area contributed by atoms with Crippen LogP contribution >= 0.6 is 22.0 Å². The maximum atomic E-state index is 7.68. The molecule has 0 radical (unpaired) electrons. The number of unbranched alkanes of at least 4 members (excludes halogenated alkanes) is 5. The molecule has 0 spiro atoms. The van der Waals surface area contributed by atoms with Gasteiger partial charge < -0.3 is 0 Å². The van der Waals surface area contributed by atoms with Gasteiger partial charge in [-0.15, -0.1) is 0 Å². The zero-order valence-corrected chi connectivity index (χ0v) is 27.3. The van der Waals surface area contributed by atoms with E-state index in [9.17, 15) is 0 Å². The molecule has 0 aromatic heterocycles. The fourth-order valence-corrected chi connectivity index (χ4v) is 22.7. The Morgan fingerprint density at radius 3 is 0.909 bits per heavy atom. The van der Waals surface area contributed by atoms with Crippen LogP contribution < -0.4 is 0 Å².